The fraction of sp³-hybridized carbons (Fsp3) is 0.632. The first-order valence-corrected chi connectivity index (χ1v) is 26.9. The number of aryl methyl sites for hydroxylation is 2. The Balaban J connectivity index is 0.000000268. The Hall–Kier alpha value is -4.47. The number of hydrogen-bond acceptors (Lipinski definition) is 9. The predicted octanol–water partition coefficient (Wildman–Crippen LogP) is 9.16. The molecule has 4 aliphatic rings. The number of likely N-dealkylation sites (tertiary alicyclic amines) is 3. The minimum atomic E-state index is -0.459. The Labute approximate surface area is 446 Å². The molecule has 0 radical (unpaired) electrons. The third-order valence-corrected chi connectivity index (χ3v) is 15.4. The molecule has 3 N–H and O–H groups in total. The van der Waals surface area contributed by atoms with Gasteiger partial charge in [0, 0.05) is 62.1 Å². The molecule has 0 unspecified atom stereocenters. The van der Waals surface area contributed by atoms with E-state index in [9.17, 15) is 24.0 Å². The van der Waals surface area contributed by atoms with Crippen LogP contribution in [0.25, 0.3) is 21.8 Å². The van der Waals surface area contributed by atoms with Crippen molar-refractivity contribution in [2.75, 3.05) is 78.5 Å². The molecule has 2 aromatic carbocycles. The zero-order valence-corrected chi connectivity index (χ0v) is 46.9. The number of halogens is 2. The summed E-state index contributed by atoms with van der Waals surface area (Å²) in [6.45, 7) is 29.3. The Morgan fingerprint density at radius 3 is 1.37 bits per heavy atom. The fourth-order valence-electron chi connectivity index (χ4n) is 11.2. The van der Waals surface area contributed by atoms with Gasteiger partial charge >= 0.3 is 6.09 Å². The van der Waals surface area contributed by atoms with Gasteiger partial charge in [-0.25, -0.2) is 4.79 Å². The summed E-state index contributed by atoms with van der Waals surface area (Å²) in [7, 11) is 0. The molecule has 404 valence electrons. The van der Waals surface area contributed by atoms with Gasteiger partial charge in [-0.1, -0.05) is 24.3 Å². The molecule has 4 saturated heterocycles. The molecule has 14 nitrogen and oxygen atoms in total. The van der Waals surface area contributed by atoms with Crippen LogP contribution in [-0.2, 0) is 4.74 Å². The van der Waals surface area contributed by atoms with Crippen LogP contribution >= 0.6 is 24.8 Å². The van der Waals surface area contributed by atoms with E-state index in [4.69, 9.17) is 4.74 Å². The number of amides is 3. The van der Waals surface area contributed by atoms with E-state index in [2.05, 4.69) is 25.8 Å². The molecule has 8 rings (SSSR count). The lowest BCUT2D eigenvalue weighted by Gasteiger charge is -2.38. The fourth-order valence-corrected chi connectivity index (χ4v) is 11.2. The van der Waals surface area contributed by atoms with Gasteiger partial charge < -0.3 is 44.5 Å². The summed E-state index contributed by atoms with van der Waals surface area (Å²) >= 11 is 0. The van der Waals surface area contributed by atoms with Crippen LogP contribution in [0.5, 0.6) is 0 Å². The summed E-state index contributed by atoms with van der Waals surface area (Å²) in [5.41, 5.74) is 3.48. The first-order chi connectivity index (χ1) is 33.9. The Morgan fingerprint density at radius 1 is 0.603 bits per heavy atom. The molecule has 4 fully saturated rings. The number of nitrogens with one attached hydrogen (secondary N) is 3. The summed E-state index contributed by atoms with van der Waals surface area (Å²) in [6, 6.07) is 15.4. The van der Waals surface area contributed by atoms with Crippen LogP contribution in [0.15, 0.2) is 58.1 Å². The molecule has 0 spiro atoms. The molecule has 0 atom stereocenters. The van der Waals surface area contributed by atoms with E-state index in [0.717, 1.165) is 136 Å². The van der Waals surface area contributed by atoms with E-state index in [1.165, 1.54) is 19.4 Å². The van der Waals surface area contributed by atoms with E-state index in [0.29, 0.717) is 30.8 Å². The second kappa shape index (κ2) is 26.8. The van der Waals surface area contributed by atoms with Crippen molar-refractivity contribution >= 4 is 64.5 Å². The number of fused-ring (bicyclic) bond motifs is 2. The Morgan fingerprint density at radius 2 is 0.986 bits per heavy atom. The van der Waals surface area contributed by atoms with Crippen LogP contribution in [0.2, 0.25) is 0 Å². The lowest BCUT2D eigenvalue weighted by Crippen LogP contribution is -2.45. The SMILES string of the molecule is Cc1cccc2c1cc(C(=O)NCC1CCN(CC3CCN(C(=O)OC(C)(C)C)CC3)CC1)c(=O)n2C(C)C.Cc1cccc2c1cc(C(=O)NCC1CCN(CC3CCNCC3)CC1)c(=O)n2C(C)C.Cl.Cl. The second-order valence-electron chi connectivity index (χ2n) is 22.7. The molecule has 4 aromatic rings. The van der Waals surface area contributed by atoms with E-state index >= 15 is 0 Å². The van der Waals surface area contributed by atoms with Gasteiger partial charge in [0.15, 0.2) is 0 Å². The largest absolute Gasteiger partial charge is 0.444 e. The molecule has 0 aliphatic carbocycles. The number of ether oxygens (including phenoxy) is 1. The number of hydrogen-bond donors (Lipinski definition) is 3. The van der Waals surface area contributed by atoms with Crippen molar-refractivity contribution in [2.24, 2.45) is 23.7 Å². The average molecular weight is 1050 g/mol. The van der Waals surface area contributed by atoms with Gasteiger partial charge in [0.25, 0.3) is 22.9 Å². The van der Waals surface area contributed by atoms with Crippen LogP contribution < -0.4 is 27.1 Å². The Kier molecular flexibility index (Phi) is 21.8. The van der Waals surface area contributed by atoms with Gasteiger partial charge in [-0.2, -0.15) is 0 Å². The first-order valence-electron chi connectivity index (χ1n) is 26.9. The maximum atomic E-state index is 13.2. The molecule has 0 saturated carbocycles. The van der Waals surface area contributed by atoms with Gasteiger partial charge in [-0.05, 0) is 212 Å². The Bertz CT molecular complexity index is 2600. The number of benzene rings is 2. The first kappa shape index (κ1) is 59.4. The summed E-state index contributed by atoms with van der Waals surface area (Å²) in [4.78, 5) is 71.9. The summed E-state index contributed by atoms with van der Waals surface area (Å²) < 4.78 is 8.99. The van der Waals surface area contributed by atoms with Crippen LogP contribution in [0.3, 0.4) is 0 Å². The van der Waals surface area contributed by atoms with Crippen molar-refractivity contribution in [3.05, 3.63) is 91.5 Å². The highest BCUT2D eigenvalue weighted by Crippen LogP contribution is 2.26. The number of carbonyl (C=O) groups excluding carboxylic acids is 3. The molecule has 3 amide bonds. The lowest BCUT2D eigenvalue weighted by atomic mass is 9.92. The van der Waals surface area contributed by atoms with E-state index in [-0.39, 0.29) is 77.1 Å². The van der Waals surface area contributed by atoms with Gasteiger partial charge in [0.2, 0.25) is 0 Å². The summed E-state index contributed by atoms with van der Waals surface area (Å²) in [5, 5.41) is 11.5. The van der Waals surface area contributed by atoms with Crippen LogP contribution in [-0.4, -0.2) is 126 Å². The summed E-state index contributed by atoms with van der Waals surface area (Å²) in [5.74, 6) is 1.79. The predicted molar refractivity (Wildman–Crippen MR) is 300 cm³/mol. The molecule has 2 aromatic heterocycles. The smallest absolute Gasteiger partial charge is 0.410 e. The number of rotatable bonds is 12. The van der Waals surface area contributed by atoms with Crippen molar-refractivity contribution in [3.63, 3.8) is 0 Å². The lowest BCUT2D eigenvalue weighted by molar-refractivity contribution is 0.0164. The number of piperidine rings is 4. The zero-order valence-electron chi connectivity index (χ0n) is 45.2. The third kappa shape index (κ3) is 15.6. The highest BCUT2D eigenvalue weighted by Gasteiger charge is 2.30. The van der Waals surface area contributed by atoms with Gasteiger partial charge in [0.1, 0.15) is 16.7 Å². The summed E-state index contributed by atoms with van der Waals surface area (Å²) in [6.07, 6.45) is 8.67. The molecule has 6 heterocycles. The zero-order chi connectivity index (χ0) is 51.0. The second-order valence-corrected chi connectivity index (χ2v) is 22.7. The number of nitrogens with zero attached hydrogens (tertiary/aromatic N) is 5. The van der Waals surface area contributed by atoms with Crippen LogP contribution in [0.1, 0.15) is 144 Å². The minimum Gasteiger partial charge on any atom is -0.444 e. The maximum Gasteiger partial charge on any atom is 0.410 e. The van der Waals surface area contributed by atoms with Gasteiger partial charge in [0.05, 0.1) is 11.0 Å². The van der Waals surface area contributed by atoms with E-state index < -0.39 is 5.60 Å². The van der Waals surface area contributed by atoms with Gasteiger partial charge in [-0.15, -0.1) is 24.8 Å². The molecular weight excluding hydrogens is 964 g/mol. The molecular formula is C57H86Cl2N8O6. The van der Waals surface area contributed by atoms with Crippen LogP contribution in [0.4, 0.5) is 4.79 Å². The van der Waals surface area contributed by atoms with E-state index in [1.54, 1.807) is 21.3 Å². The topological polar surface area (TPSA) is 150 Å². The quantitative estimate of drug-likeness (QED) is 0.126. The standard InChI is InChI=1S/C31H46N4O4.C26H38N4O2.2ClH/c1-21(2)35-27-9-7-8-22(3)25(27)18-26(29(35)37)28(36)32-19-23-10-14-33(15-11-23)20-24-12-16-34(17-13-24)30(38)39-31(4,5)6;1-18(2)30-24-6-4-5-19(3)22(24)15-23(26(30)32)25(31)28-16-20-9-13-29(14-10-20)17-21-7-11-27-12-8-21;;/h7-9,18,21,23-24H,10-17,19-20H2,1-6H3,(H,32,36);4-6,15,18,20-21,27H,7-14,16-17H2,1-3H3,(H,28,31);2*1H. The number of pyridine rings is 2. The minimum absolute atomic E-state index is 0. The van der Waals surface area contributed by atoms with Crippen molar-refractivity contribution < 1.29 is 19.1 Å². The van der Waals surface area contributed by atoms with Gasteiger partial charge in [-0.3, -0.25) is 19.2 Å². The third-order valence-electron chi connectivity index (χ3n) is 15.4. The number of carbonyl (C=O) groups is 3. The highest BCUT2D eigenvalue weighted by atomic mass is 35.5. The van der Waals surface area contributed by atoms with Crippen molar-refractivity contribution in [2.45, 2.75) is 131 Å². The van der Waals surface area contributed by atoms with Crippen molar-refractivity contribution in [1.29, 1.82) is 0 Å². The van der Waals surface area contributed by atoms with E-state index in [1.807, 2.05) is 104 Å². The molecule has 73 heavy (non-hydrogen) atoms. The highest BCUT2D eigenvalue weighted by molar-refractivity contribution is 5.99. The molecule has 4 aliphatic heterocycles. The average Bonchev–Trinajstić information content (AvgIpc) is 3.33. The maximum absolute atomic E-state index is 13.2. The van der Waals surface area contributed by atoms with Crippen molar-refractivity contribution in [3.8, 4) is 0 Å². The molecule has 0 bridgehead atoms. The molecule has 16 heteroatoms. The monoisotopic (exact) mass is 1050 g/mol. The van der Waals surface area contributed by atoms with Crippen molar-refractivity contribution in [1.82, 2.24) is 39.8 Å². The normalized spacial score (nSPS) is 18.0. The van der Waals surface area contributed by atoms with Crippen LogP contribution in [0, 0.1) is 37.5 Å². The number of aromatic nitrogens is 2.